The van der Waals surface area contributed by atoms with Crippen LogP contribution in [0.1, 0.15) is 77.6 Å². The molecular formula is C18H34O5. The first-order valence-corrected chi connectivity index (χ1v) is 8.91. The topological polar surface area (TPSA) is 98.0 Å². The zero-order valence-corrected chi connectivity index (χ0v) is 14.4. The van der Waals surface area contributed by atoms with E-state index in [1.165, 1.54) is 0 Å². The van der Waals surface area contributed by atoms with Gasteiger partial charge in [0.2, 0.25) is 0 Å². The Balaban J connectivity index is 3.71. The largest absolute Gasteiger partial charge is 0.481 e. The number of aliphatic carboxylic acids is 1. The van der Waals surface area contributed by atoms with Crippen LogP contribution in [0.25, 0.3) is 0 Å². The average Bonchev–Trinajstić information content (AvgIpc) is 2.52. The summed E-state index contributed by atoms with van der Waals surface area (Å²) >= 11 is 0. The van der Waals surface area contributed by atoms with Gasteiger partial charge < -0.3 is 20.4 Å². The minimum absolute atomic E-state index is 0.206. The number of allylic oxidation sites excluding steroid dienone is 1. The molecule has 0 aromatic rings. The third kappa shape index (κ3) is 13.2. The van der Waals surface area contributed by atoms with Crippen LogP contribution in [0.15, 0.2) is 12.2 Å². The summed E-state index contributed by atoms with van der Waals surface area (Å²) in [5.74, 6) is -0.764. The summed E-state index contributed by atoms with van der Waals surface area (Å²) in [6.07, 6.45) is 9.36. The molecule has 5 nitrogen and oxygen atoms in total. The third-order valence-electron chi connectivity index (χ3n) is 3.94. The molecule has 0 aliphatic heterocycles. The van der Waals surface area contributed by atoms with Gasteiger partial charge in [-0.05, 0) is 25.7 Å². The van der Waals surface area contributed by atoms with E-state index >= 15 is 0 Å². The lowest BCUT2D eigenvalue weighted by Crippen LogP contribution is -2.36. The fourth-order valence-electron chi connectivity index (χ4n) is 2.42. The fourth-order valence-corrected chi connectivity index (χ4v) is 2.42. The van der Waals surface area contributed by atoms with E-state index < -0.39 is 24.3 Å². The SMILES string of the molecule is CCCCC/C=C\[C@H](O)[C@@H](O)[C@H](O)CCCCCCCC(=O)O. The smallest absolute Gasteiger partial charge is 0.303 e. The Bertz CT molecular complexity index is 317. The molecule has 0 aromatic carbocycles. The molecule has 0 aliphatic rings. The van der Waals surface area contributed by atoms with E-state index in [0.29, 0.717) is 12.8 Å². The van der Waals surface area contributed by atoms with Crippen molar-refractivity contribution >= 4 is 5.97 Å². The van der Waals surface area contributed by atoms with E-state index in [4.69, 9.17) is 5.11 Å². The van der Waals surface area contributed by atoms with E-state index in [-0.39, 0.29) is 6.42 Å². The quantitative estimate of drug-likeness (QED) is 0.273. The molecule has 0 bridgehead atoms. The molecule has 0 fully saturated rings. The zero-order chi connectivity index (χ0) is 17.5. The van der Waals surface area contributed by atoms with Crippen molar-refractivity contribution in [3.63, 3.8) is 0 Å². The first-order valence-electron chi connectivity index (χ1n) is 8.91. The summed E-state index contributed by atoms with van der Waals surface area (Å²) in [5.41, 5.74) is 0. The molecule has 0 heterocycles. The van der Waals surface area contributed by atoms with Gasteiger partial charge in [-0.2, -0.15) is 0 Å². The second-order valence-corrected chi connectivity index (χ2v) is 6.17. The molecule has 3 atom stereocenters. The number of carboxylic acids is 1. The third-order valence-corrected chi connectivity index (χ3v) is 3.94. The van der Waals surface area contributed by atoms with Crippen molar-refractivity contribution in [1.82, 2.24) is 0 Å². The Kier molecular flexibility index (Phi) is 14.1. The average molecular weight is 330 g/mol. The Morgan fingerprint density at radius 3 is 2.26 bits per heavy atom. The molecule has 23 heavy (non-hydrogen) atoms. The van der Waals surface area contributed by atoms with Crippen LogP contribution in [0.2, 0.25) is 0 Å². The maximum atomic E-state index is 10.4. The summed E-state index contributed by atoms with van der Waals surface area (Å²) in [6.45, 7) is 2.13. The number of rotatable bonds is 15. The van der Waals surface area contributed by atoms with Gasteiger partial charge in [0.05, 0.1) is 6.10 Å². The summed E-state index contributed by atoms with van der Waals surface area (Å²) in [5, 5.41) is 38.1. The van der Waals surface area contributed by atoms with Crippen LogP contribution in [-0.2, 0) is 4.79 Å². The van der Waals surface area contributed by atoms with E-state index in [1.807, 2.05) is 6.08 Å². The Hall–Kier alpha value is -0.910. The first-order chi connectivity index (χ1) is 11.0. The van der Waals surface area contributed by atoms with E-state index in [0.717, 1.165) is 51.4 Å². The highest BCUT2D eigenvalue weighted by Gasteiger charge is 2.21. The van der Waals surface area contributed by atoms with Crippen LogP contribution in [0.4, 0.5) is 0 Å². The molecule has 0 saturated carbocycles. The highest BCUT2D eigenvalue weighted by Crippen LogP contribution is 2.13. The van der Waals surface area contributed by atoms with Crippen LogP contribution in [0.3, 0.4) is 0 Å². The van der Waals surface area contributed by atoms with Crippen LogP contribution in [0.5, 0.6) is 0 Å². The summed E-state index contributed by atoms with van der Waals surface area (Å²) in [7, 11) is 0. The second kappa shape index (κ2) is 14.7. The lowest BCUT2D eigenvalue weighted by Gasteiger charge is -2.20. The molecule has 0 spiro atoms. The molecule has 0 aliphatic carbocycles. The van der Waals surface area contributed by atoms with Crippen molar-refractivity contribution in [2.45, 2.75) is 95.9 Å². The molecule has 4 N–H and O–H groups in total. The van der Waals surface area contributed by atoms with Gasteiger partial charge in [0, 0.05) is 6.42 Å². The van der Waals surface area contributed by atoms with Crippen molar-refractivity contribution in [2.75, 3.05) is 0 Å². The molecule has 0 unspecified atom stereocenters. The molecule has 0 radical (unpaired) electrons. The second-order valence-electron chi connectivity index (χ2n) is 6.17. The molecule has 0 amide bonds. The van der Waals surface area contributed by atoms with Crippen LogP contribution >= 0.6 is 0 Å². The highest BCUT2D eigenvalue weighted by atomic mass is 16.4. The van der Waals surface area contributed by atoms with Crippen LogP contribution in [-0.4, -0.2) is 44.7 Å². The summed E-state index contributed by atoms with van der Waals surface area (Å²) in [4.78, 5) is 10.4. The van der Waals surface area contributed by atoms with Gasteiger partial charge in [-0.25, -0.2) is 0 Å². The number of hydrogen-bond donors (Lipinski definition) is 4. The summed E-state index contributed by atoms with van der Waals surface area (Å²) in [6, 6.07) is 0. The van der Waals surface area contributed by atoms with Gasteiger partial charge in [-0.1, -0.05) is 57.6 Å². The predicted molar refractivity (Wildman–Crippen MR) is 91.3 cm³/mol. The molecule has 0 saturated heterocycles. The number of carbonyl (C=O) groups is 1. The standard InChI is InChI=1S/C18H34O5/c1-2-3-4-6-9-12-15(19)18(23)16(20)13-10-7-5-8-11-14-17(21)22/h9,12,15-16,18-20,23H,2-8,10-11,13-14H2,1H3,(H,21,22)/b12-9-/t15-,16+,18+/m0/s1. The first kappa shape index (κ1) is 22.1. The maximum absolute atomic E-state index is 10.4. The maximum Gasteiger partial charge on any atom is 0.303 e. The minimum atomic E-state index is -1.15. The Labute approximate surface area is 140 Å². The van der Waals surface area contributed by atoms with E-state index in [2.05, 4.69) is 6.92 Å². The van der Waals surface area contributed by atoms with Gasteiger partial charge in [0.15, 0.2) is 0 Å². The highest BCUT2D eigenvalue weighted by molar-refractivity contribution is 5.66. The lowest BCUT2D eigenvalue weighted by atomic mass is 10.0. The van der Waals surface area contributed by atoms with Gasteiger partial charge >= 0.3 is 5.97 Å². The van der Waals surface area contributed by atoms with Crippen molar-refractivity contribution in [3.05, 3.63) is 12.2 Å². The van der Waals surface area contributed by atoms with Gasteiger partial charge in [0.1, 0.15) is 12.2 Å². The Morgan fingerprint density at radius 1 is 0.957 bits per heavy atom. The number of carboxylic acid groups (broad SMARTS) is 1. The molecule has 0 rings (SSSR count). The molecule has 0 aromatic heterocycles. The lowest BCUT2D eigenvalue weighted by molar-refractivity contribution is -0.137. The number of aliphatic hydroxyl groups is 3. The summed E-state index contributed by atoms with van der Waals surface area (Å²) < 4.78 is 0. The number of aliphatic hydroxyl groups excluding tert-OH is 3. The molecule has 136 valence electrons. The van der Waals surface area contributed by atoms with Crippen LogP contribution < -0.4 is 0 Å². The van der Waals surface area contributed by atoms with Gasteiger partial charge in [0.25, 0.3) is 0 Å². The van der Waals surface area contributed by atoms with Crippen molar-refractivity contribution in [2.24, 2.45) is 0 Å². The van der Waals surface area contributed by atoms with E-state index in [9.17, 15) is 20.1 Å². The van der Waals surface area contributed by atoms with Crippen molar-refractivity contribution in [1.29, 1.82) is 0 Å². The monoisotopic (exact) mass is 330 g/mol. The number of unbranched alkanes of at least 4 members (excludes halogenated alkanes) is 7. The van der Waals surface area contributed by atoms with Gasteiger partial charge in [-0.3, -0.25) is 4.79 Å². The minimum Gasteiger partial charge on any atom is -0.481 e. The normalized spacial score (nSPS) is 15.7. The molecular weight excluding hydrogens is 296 g/mol. The van der Waals surface area contributed by atoms with Crippen LogP contribution in [0, 0.1) is 0 Å². The molecule has 5 heteroatoms. The number of hydrogen-bond acceptors (Lipinski definition) is 4. The van der Waals surface area contributed by atoms with Crippen molar-refractivity contribution in [3.8, 4) is 0 Å². The fraction of sp³-hybridized carbons (Fsp3) is 0.833. The predicted octanol–water partition coefficient (Wildman–Crippen LogP) is 3.02. The van der Waals surface area contributed by atoms with Gasteiger partial charge in [-0.15, -0.1) is 0 Å². The zero-order valence-electron chi connectivity index (χ0n) is 14.4. The van der Waals surface area contributed by atoms with E-state index in [1.54, 1.807) is 6.08 Å². The Morgan fingerprint density at radius 2 is 1.61 bits per heavy atom. The van der Waals surface area contributed by atoms with Crippen molar-refractivity contribution < 1.29 is 25.2 Å².